The Bertz CT molecular complexity index is 265. The van der Waals surface area contributed by atoms with E-state index in [-0.39, 0.29) is 11.6 Å². The molecule has 9 heteroatoms. The van der Waals surface area contributed by atoms with Gasteiger partial charge in [0.25, 0.3) is 0 Å². The van der Waals surface area contributed by atoms with Gasteiger partial charge in [-0.3, -0.25) is 9.59 Å². The minimum atomic E-state index is -2.51. The summed E-state index contributed by atoms with van der Waals surface area (Å²) in [5.41, 5.74) is 0. The SMILES string of the molecule is CC(=O)CC(=O)[O-].CC(=O)CC(=O)[O-].[O]=[U+2]=[O]. The van der Waals surface area contributed by atoms with Crippen LogP contribution in [0, 0.1) is 27.8 Å². The van der Waals surface area contributed by atoms with E-state index in [9.17, 15) is 29.4 Å². The first kappa shape index (κ1) is 21.2. The molecule has 0 heterocycles. The molecule has 0 aromatic heterocycles. The molecule has 0 aromatic carbocycles. The molecule has 94 valence electrons. The average Bonchev–Trinajstić information content (AvgIpc) is 1.99. The summed E-state index contributed by atoms with van der Waals surface area (Å²) in [4.78, 5) is 38.6. The van der Waals surface area contributed by atoms with Crippen LogP contribution in [0.25, 0.3) is 0 Å². The van der Waals surface area contributed by atoms with E-state index < -0.39 is 52.6 Å². The van der Waals surface area contributed by atoms with Gasteiger partial charge in [0.15, 0.2) is 0 Å². The van der Waals surface area contributed by atoms with Crippen LogP contribution in [0.15, 0.2) is 0 Å². The zero-order valence-electron chi connectivity index (χ0n) is 9.18. The fourth-order valence-electron chi connectivity index (χ4n) is 0.407. The Labute approximate surface area is 112 Å². The van der Waals surface area contributed by atoms with E-state index in [0.29, 0.717) is 0 Å². The Morgan fingerprint density at radius 1 is 0.824 bits per heavy atom. The number of carbonyl (C=O) groups excluding carboxylic acids is 4. The number of ketones is 2. The van der Waals surface area contributed by atoms with Gasteiger partial charge >= 0.3 is 32.3 Å². The van der Waals surface area contributed by atoms with Gasteiger partial charge in [-0.1, -0.05) is 0 Å². The van der Waals surface area contributed by atoms with Gasteiger partial charge < -0.3 is 19.8 Å². The van der Waals surface area contributed by atoms with Gasteiger partial charge in [0.05, 0.1) is 0 Å². The van der Waals surface area contributed by atoms with E-state index in [2.05, 4.69) is 0 Å². The number of rotatable bonds is 4. The van der Waals surface area contributed by atoms with Crippen LogP contribution in [0.1, 0.15) is 26.7 Å². The van der Waals surface area contributed by atoms with Crippen LogP contribution in [0.3, 0.4) is 0 Å². The van der Waals surface area contributed by atoms with Crippen molar-refractivity contribution >= 4 is 23.5 Å². The molecule has 0 saturated heterocycles. The summed E-state index contributed by atoms with van der Waals surface area (Å²) in [5, 5.41) is 19.0. The topological polar surface area (TPSA) is 149 Å². The molecule has 0 spiro atoms. The molecule has 0 aliphatic rings. The second-order valence-electron chi connectivity index (χ2n) is 2.58. The van der Waals surface area contributed by atoms with Crippen molar-refractivity contribution in [3.8, 4) is 0 Å². The fourth-order valence-corrected chi connectivity index (χ4v) is 0.407. The van der Waals surface area contributed by atoms with Gasteiger partial charge in [-0.05, 0) is 13.8 Å². The first-order valence-electron chi connectivity index (χ1n) is 4.05. The van der Waals surface area contributed by atoms with Crippen LogP contribution >= 0.6 is 0 Å². The van der Waals surface area contributed by atoms with Crippen molar-refractivity contribution in [2.75, 3.05) is 0 Å². The standard InChI is InChI=1S/2C4H6O3.2O.U/c2*1-3(5)2-4(6)7;;;/h2*2H2,1H3,(H,6,7);;;/q;;;;+2/p-2. The number of aliphatic carboxylic acids is 2. The van der Waals surface area contributed by atoms with Crippen molar-refractivity contribution in [1.82, 2.24) is 0 Å². The molecule has 0 saturated carbocycles. The molecule has 0 aliphatic carbocycles. The number of hydrogen-bond acceptors (Lipinski definition) is 8. The molecule has 0 bridgehead atoms. The Morgan fingerprint density at radius 2 is 1.00 bits per heavy atom. The van der Waals surface area contributed by atoms with E-state index in [0.717, 1.165) is 0 Å². The zero-order chi connectivity index (χ0) is 14.4. The van der Waals surface area contributed by atoms with Crippen molar-refractivity contribution < 1.29 is 61.7 Å². The maximum atomic E-state index is 9.83. The molecule has 0 aliphatic heterocycles. The summed E-state index contributed by atoms with van der Waals surface area (Å²) in [6.45, 7) is 2.41. The van der Waals surface area contributed by atoms with Crippen molar-refractivity contribution in [2.45, 2.75) is 26.7 Å². The number of carbonyl (C=O) groups is 4. The Balaban J connectivity index is -0.000000188. The van der Waals surface area contributed by atoms with Gasteiger partial charge in [0, 0.05) is 24.8 Å². The predicted molar refractivity (Wildman–Crippen MR) is 42.0 cm³/mol. The van der Waals surface area contributed by atoms with E-state index in [1.54, 1.807) is 0 Å². The van der Waals surface area contributed by atoms with Gasteiger partial charge in [0.2, 0.25) is 0 Å². The van der Waals surface area contributed by atoms with Crippen LogP contribution in [0.2, 0.25) is 0 Å². The van der Waals surface area contributed by atoms with E-state index in [1.807, 2.05) is 0 Å². The molecule has 0 amide bonds. The van der Waals surface area contributed by atoms with E-state index in [4.69, 9.17) is 4.47 Å². The zero-order valence-corrected chi connectivity index (χ0v) is 13.3. The summed E-state index contributed by atoms with van der Waals surface area (Å²) in [6.07, 6.45) is -0.944. The Kier molecular flexibility index (Phi) is 18.7. The van der Waals surface area contributed by atoms with Crippen molar-refractivity contribution in [3.05, 3.63) is 0 Å². The molecule has 17 heavy (non-hydrogen) atoms. The summed E-state index contributed by atoms with van der Waals surface area (Å²) >= 11 is -2.51. The monoisotopic (exact) mass is 472 g/mol. The Morgan fingerprint density at radius 3 is 1.00 bits per heavy atom. The quantitative estimate of drug-likeness (QED) is 0.399. The maximum absolute atomic E-state index is 9.83. The molecule has 0 fully saturated rings. The molecular formula is C8H10O8U. The summed E-state index contributed by atoms with van der Waals surface area (Å²) in [7, 11) is 0. The van der Waals surface area contributed by atoms with E-state index >= 15 is 0 Å². The second kappa shape index (κ2) is 14.9. The van der Waals surface area contributed by atoms with Crippen molar-refractivity contribution in [2.24, 2.45) is 0 Å². The predicted octanol–water partition coefficient (Wildman–Crippen LogP) is -2.81. The molecule has 8 nitrogen and oxygen atoms in total. The molecule has 0 atom stereocenters. The molecule has 0 unspecified atom stereocenters. The fraction of sp³-hybridized carbons (Fsp3) is 0.500. The van der Waals surface area contributed by atoms with Crippen molar-refractivity contribution in [1.29, 1.82) is 0 Å². The molecule has 0 N–H and O–H groups in total. The third kappa shape index (κ3) is 52.0. The number of carboxylic acids is 2. The molecule has 0 aromatic rings. The number of hydrogen-bond donors (Lipinski definition) is 0. The molecule has 0 radical (unpaired) electrons. The third-order valence-corrected chi connectivity index (χ3v) is 0.787. The minimum absolute atomic E-state index is 0.375. The van der Waals surface area contributed by atoms with Gasteiger partial charge in [0.1, 0.15) is 11.6 Å². The van der Waals surface area contributed by atoms with Gasteiger partial charge in [-0.25, -0.2) is 0 Å². The van der Waals surface area contributed by atoms with Crippen LogP contribution in [-0.2, 0) is 23.6 Å². The van der Waals surface area contributed by atoms with E-state index in [1.165, 1.54) is 13.8 Å². The van der Waals surface area contributed by atoms with Crippen LogP contribution in [-0.4, -0.2) is 23.5 Å². The van der Waals surface area contributed by atoms with Gasteiger partial charge in [-0.15, -0.1) is 0 Å². The number of carboxylic acid groups (broad SMARTS) is 2. The first-order valence-corrected chi connectivity index (χ1v) is 7.45. The van der Waals surface area contributed by atoms with Crippen LogP contribution in [0.4, 0.5) is 0 Å². The molecule has 0 rings (SSSR count). The van der Waals surface area contributed by atoms with Gasteiger partial charge in [-0.2, -0.15) is 0 Å². The second-order valence-corrected chi connectivity index (χ2v) is 3.28. The summed E-state index contributed by atoms with van der Waals surface area (Å²) in [6, 6.07) is 0. The summed E-state index contributed by atoms with van der Waals surface area (Å²) < 4.78 is 17.2. The van der Waals surface area contributed by atoms with Crippen LogP contribution < -0.4 is 10.2 Å². The first-order chi connectivity index (χ1) is 7.67. The number of Topliss-reactive ketones (excluding diaryl/α,β-unsaturated/α-hetero) is 2. The van der Waals surface area contributed by atoms with Crippen molar-refractivity contribution in [3.63, 3.8) is 0 Å². The average molecular weight is 472 g/mol. The third-order valence-electron chi connectivity index (χ3n) is 0.787. The normalized spacial score (nSPS) is 7.18. The molecular weight excluding hydrogens is 462 g/mol. The summed E-state index contributed by atoms with van der Waals surface area (Å²) in [5.74, 6) is -3.37. The van der Waals surface area contributed by atoms with Crippen LogP contribution in [0.5, 0.6) is 0 Å². The Hall–Kier alpha value is -1.07.